The Hall–Kier alpha value is -1.39. The minimum Gasteiger partial charge on any atom is -0.458 e. The molecule has 0 aromatic heterocycles. The van der Waals surface area contributed by atoms with Crippen molar-refractivity contribution in [2.24, 2.45) is 0 Å². The molecule has 0 saturated carbocycles. The highest BCUT2D eigenvalue weighted by Gasteiger charge is 2.10. The maximum Gasteiger partial charge on any atom is 0.303 e. The lowest BCUT2D eigenvalue weighted by molar-refractivity contribution is -0.152. The third kappa shape index (κ3) is 9.53. The molecule has 22 heavy (non-hydrogen) atoms. The zero-order valence-electron chi connectivity index (χ0n) is 13.5. The maximum atomic E-state index is 10.8. The first kappa shape index (κ1) is 18.7. The second-order valence-corrected chi connectivity index (χ2v) is 5.49. The van der Waals surface area contributed by atoms with Gasteiger partial charge < -0.3 is 14.6 Å². The molecule has 4 heteroatoms. The maximum absolute atomic E-state index is 10.8. The van der Waals surface area contributed by atoms with E-state index in [1.54, 1.807) is 0 Å². The van der Waals surface area contributed by atoms with Crippen molar-refractivity contribution in [1.29, 1.82) is 0 Å². The number of carbonyl (C=O) groups excluding carboxylic acids is 1. The predicted octanol–water partition coefficient (Wildman–Crippen LogP) is 3.12. The van der Waals surface area contributed by atoms with E-state index in [4.69, 9.17) is 14.6 Å². The van der Waals surface area contributed by atoms with Gasteiger partial charge in [-0.25, -0.2) is 0 Å². The van der Waals surface area contributed by atoms with Gasteiger partial charge in [-0.1, -0.05) is 49.6 Å². The molecule has 1 aromatic carbocycles. The van der Waals surface area contributed by atoms with E-state index in [1.807, 2.05) is 6.07 Å². The Morgan fingerprint density at radius 2 is 1.77 bits per heavy atom. The molecule has 0 spiro atoms. The van der Waals surface area contributed by atoms with Crippen LogP contribution < -0.4 is 0 Å². The number of ether oxygens (including phenoxy) is 2. The minimum atomic E-state index is -0.539. The highest BCUT2D eigenvalue weighted by atomic mass is 16.6. The molecular weight excluding hydrogens is 280 g/mol. The fourth-order valence-electron chi connectivity index (χ4n) is 2.28. The zero-order chi connectivity index (χ0) is 16.0. The molecule has 0 bridgehead atoms. The molecule has 1 atom stereocenters. The van der Waals surface area contributed by atoms with Gasteiger partial charge in [0.05, 0.1) is 13.2 Å². The summed E-state index contributed by atoms with van der Waals surface area (Å²) >= 11 is 0. The molecule has 0 fully saturated rings. The minimum absolute atomic E-state index is 0.195. The quantitative estimate of drug-likeness (QED) is 0.476. The summed E-state index contributed by atoms with van der Waals surface area (Å²) in [6, 6.07) is 10.6. The lowest BCUT2D eigenvalue weighted by atomic mass is 10.1. The summed E-state index contributed by atoms with van der Waals surface area (Å²) in [6.07, 6.45) is 6.44. The molecule has 1 unspecified atom stereocenters. The third-order valence-corrected chi connectivity index (χ3v) is 3.44. The van der Waals surface area contributed by atoms with Gasteiger partial charge in [-0.3, -0.25) is 4.79 Å². The van der Waals surface area contributed by atoms with E-state index in [2.05, 4.69) is 24.3 Å². The van der Waals surface area contributed by atoms with E-state index in [0.29, 0.717) is 6.61 Å². The molecular formula is C18H28O4. The monoisotopic (exact) mass is 308 g/mol. The number of esters is 1. The van der Waals surface area contributed by atoms with Crippen molar-refractivity contribution < 1.29 is 19.4 Å². The van der Waals surface area contributed by atoms with E-state index < -0.39 is 6.10 Å². The highest BCUT2D eigenvalue weighted by molar-refractivity contribution is 5.66. The Balaban J connectivity index is 1.90. The van der Waals surface area contributed by atoms with E-state index in [9.17, 15) is 4.79 Å². The van der Waals surface area contributed by atoms with Gasteiger partial charge in [0.15, 0.2) is 0 Å². The number of carbonyl (C=O) groups is 1. The van der Waals surface area contributed by atoms with Crippen LogP contribution in [0.4, 0.5) is 0 Å². The molecule has 4 nitrogen and oxygen atoms in total. The van der Waals surface area contributed by atoms with Gasteiger partial charge in [-0.05, 0) is 24.8 Å². The van der Waals surface area contributed by atoms with Crippen molar-refractivity contribution in [2.75, 3.05) is 19.8 Å². The van der Waals surface area contributed by atoms with Gasteiger partial charge in [0, 0.05) is 13.5 Å². The molecule has 1 aromatic rings. The van der Waals surface area contributed by atoms with Crippen molar-refractivity contribution in [3.05, 3.63) is 35.9 Å². The molecule has 1 rings (SSSR count). The van der Waals surface area contributed by atoms with Crippen LogP contribution in [-0.4, -0.2) is 37.0 Å². The molecule has 0 aliphatic heterocycles. The summed E-state index contributed by atoms with van der Waals surface area (Å²) in [5.41, 5.74) is 1.41. The topological polar surface area (TPSA) is 55.8 Å². The summed E-state index contributed by atoms with van der Waals surface area (Å²) in [5.74, 6) is -0.388. The Morgan fingerprint density at radius 3 is 2.45 bits per heavy atom. The number of benzene rings is 1. The van der Waals surface area contributed by atoms with Crippen LogP contribution in [0.3, 0.4) is 0 Å². The largest absolute Gasteiger partial charge is 0.458 e. The summed E-state index contributed by atoms with van der Waals surface area (Å²) in [6.45, 7) is 2.05. The van der Waals surface area contributed by atoms with Crippen molar-refractivity contribution in [2.45, 2.75) is 51.6 Å². The number of aliphatic hydroxyl groups excluding tert-OH is 1. The first-order valence-electron chi connectivity index (χ1n) is 8.12. The Kier molecular flexibility index (Phi) is 10.3. The van der Waals surface area contributed by atoms with Gasteiger partial charge in [0.25, 0.3) is 0 Å². The number of rotatable bonds is 12. The van der Waals surface area contributed by atoms with E-state index >= 15 is 0 Å². The van der Waals surface area contributed by atoms with E-state index in [0.717, 1.165) is 19.3 Å². The lowest BCUT2D eigenvalue weighted by Gasteiger charge is -2.14. The Bertz CT molecular complexity index is 391. The molecule has 0 aliphatic rings. The SMILES string of the molecule is CC(=O)OC(CO)COCCCCCCCc1ccccc1. The molecule has 0 aliphatic carbocycles. The van der Waals surface area contributed by atoms with Crippen LogP contribution >= 0.6 is 0 Å². The molecule has 0 saturated heterocycles. The summed E-state index contributed by atoms with van der Waals surface area (Å²) < 4.78 is 10.3. The average Bonchev–Trinajstić information content (AvgIpc) is 2.52. The summed E-state index contributed by atoms with van der Waals surface area (Å²) in [7, 11) is 0. The van der Waals surface area contributed by atoms with Crippen LogP contribution in [-0.2, 0) is 20.7 Å². The van der Waals surface area contributed by atoms with Crippen molar-refractivity contribution >= 4 is 5.97 Å². The van der Waals surface area contributed by atoms with E-state index in [1.165, 1.54) is 31.7 Å². The summed E-state index contributed by atoms with van der Waals surface area (Å²) in [5, 5.41) is 9.01. The van der Waals surface area contributed by atoms with E-state index in [-0.39, 0.29) is 19.2 Å². The molecule has 124 valence electrons. The van der Waals surface area contributed by atoms with Crippen LogP contribution in [0.1, 0.15) is 44.6 Å². The second-order valence-electron chi connectivity index (χ2n) is 5.49. The predicted molar refractivity (Wildman–Crippen MR) is 86.7 cm³/mol. The molecule has 1 N–H and O–H groups in total. The lowest BCUT2D eigenvalue weighted by Crippen LogP contribution is -2.26. The van der Waals surface area contributed by atoms with Crippen LogP contribution in [0.2, 0.25) is 0 Å². The molecule has 0 heterocycles. The standard InChI is InChI=1S/C18H28O4/c1-16(20)22-18(14-19)15-21-13-9-4-2-3-6-10-17-11-7-5-8-12-17/h5,7-8,11-12,18-19H,2-4,6,9-10,13-15H2,1H3. The van der Waals surface area contributed by atoms with Crippen LogP contribution in [0, 0.1) is 0 Å². The Labute approximate surface area is 133 Å². The van der Waals surface area contributed by atoms with Crippen molar-refractivity contribution in [3.8, 4) is 0 Å². The fraction of sp³-hybridized carbons (Fsp3) is 0.611. The van der Waals surface area contributed by atoms with Gasteiger partial charge in [-0.15, -0.1) is 0 Å². The van der Waals surface area contributed by atoms with Gasteiger partial charge >= 0.3 is 5.97 Å². The number of hydrogen-bond acceptors (Lipinski definition) is 4. The number of aryl methyl sites for hydroxylation is 1. The first-order valence-corrected chi connectivity index (χ1v) is 8.12. The smallest absolute Gasteiger partial charge is 0.303 e. The number of aliphatic hydroxyl groups is 1. The first-order chi connectivity index (χ1) is 10.7. The van der Waals surface area contributed by atoms with Crippen LogP contribution in [0.15, 0.2) is 30.3 Å². The van der Waals surface area contributed by atoms with Gasteiger partial charge in [0.1, 0.15) is 6.10 Å². The summed E-state index contributed by atoms with van der Waals surface area (Å²) in [4.78, 5) is 10.8. The van der Waals surface area contributed by atoms with Crippen LogP contribution in [0.5, 0.6) is 0 Å². The van der Waals surface area contributed by atoms with Crippen molar-refractivity contribution in [1.82, 2.24) is 0 Å². The Morgan fingerprint density at radius 1 is 1.09 bits per heavy atom. The average molecular weight is 308 g/mol. The molecule has 0 amide bonds. The number of unbranched alkanes of at least 4 members (excludes halogenated alkanes) is 4. The number of hydrogen-bond donors (Lipinski definition) is 1. The van der Waals surface area contributed by atoms with Crippen LogP contribution in [0.25, 0.3) is 0 Å². The molecule has 0 radical (unpaired) electrons. The zero-order valence-corrected chi connectivity index (χ0v) is 13.5. The third-order valence-electron chi connectivity index (χ3n) is 3.44. The fourth-order valence-corrected chi connectivity index (χ4v) is 2.28. The van der Waals surface area contributed by atoms with Crippen molar-refractivity contribution in [3.63, 3.8) is 0 Å². The highest BCUT2D eigenvalue weighted by Crippen LogP contribution is 2.09. The van der Waals surface area contributed by atoms with Gasteiger partial charge in [-0.2, -0.15) is 0 Å². The van der Waals surface area contributed by atoms with Gasteiger partial charge in [0.2, 0.25) is 0 Å². The normalized spacial score (nSPS) is 12.1. The second kappa shape index (κ2) is 12.2.